The average molecular weight is 344 g/mol. The van der Waals surface area contributed by atoms with Crippen LogP contribution in [0.2, 0.25) is 0 Å². The molecule has 134 valence electrons. The molecule has 0 aliphatic carbocycles. The zero-order chi connectivity index (χ0) is 18.4. The normalized spacial score (nSPS) is 12.6. The lowest BCUT2D eigenvalue weighted by Gasteiger charge is -2.20. The van der Waals surface area contributed by atoms with Gasteiger partial charge in [-0.05, 0) is 32.0 Å². The van der Waals surface area contributed by atoms with Gasteiger partial charge in [0, 0.05) is 12.6 Å². The lowest BCUT2D eigenvalue weighted by atomic mass is 10.0. The van der Waals surface area contributed by atoms with Crippen molar-refractivity contribution in [3.63, 3.8) is 0 Å². The number of carbonyl (C=O) groups excluding carboxylic acids is 1. The van der Waals surface area contributed by atoms with Gasteiger partial charge in [-0.1, -0.05) is 17.7 Å². The van der Waals surface area contributed by atoms with E-state index in [0.717, 1.165) is 16.9 Å². The summed E-state index contributed by atoms with van der Waals surface area (Å²) in [7, 11) is 3.34. The Balaban J connectivity index is 2.01. The first-order valence-corrected chi connectivity index (χ1v) is 7.94. The molecule has 1 amide bonds. The van der Waals surface area contributed by atoms with E-state index in [4.69, 9.17) is 14.9 Å². The van der Waals surface area contributed by atoms with E-state index in [1.165, 1.54) is 0 Å². The number of amides is 1. The van der Waals surface area contributed by atoms with Gasteiger partial charge in [0.1, 0.15) is 11.5 Å². The second kappa shape index (κ2) is 8.23. The molecule has 1 aromatic carbocycles. The molecular formula is C18H24N4O3. The number of guanidine groups is 1. The molecule has 0 bridgehead atoms. The molecule has 4 N–H and O–H groups in total. The molecular weight excluding hydrogens is 320 g/mol. The van der Waals surface area contributed by atoms with Gasteiger partial charge in [0.05, 0.1) is 19.7 Å². The third-order valence-corrected chi connectivity index (χ3v) is 3.76. The van der Waals surface area contributed by atoms with Gasteiger partial charge in [-0.3, -0.25) is 9.79 Å². The maximum atomic E-state index is 11.1. The maximum absolute atomic E-state index is 11.1. The molecule has 7 nitrogen and oxygen atoms in total. The zero-order valence-corrected chi connectivity index (χ0v) is 14.9. The number of nitrogens with one attached hydrogen (secondary N) is 2. The summed E-state index contributed by atoms with van der Waals surface area (Å²) in [6, 6.07) is 9.28. The van der Waals surface area contributed by atoms with Crippen molar-refractivity contribution in [1.29, 1.82) is 0 Å². The van der Waals surface area contributed by atoms with Gasteiger partial charge in [-0.25, -0.2) is 0 Å². The lowest BCUT2D eigenvalue weighted by molar-refractivity contribution is 0.0972. The van der Waals surface area contributed by atoms with E-state index < -0.39 is 5.91 Å². The van der Waals surface area contributed by atoms with Crippen LogP contribution < -0.4 is 21.1 Å². The first-order chi connectivity index (χ1) is 11.9. The van der Waals surface area contributed by atoms with Crippen molar-refractivity contribution >= 4 is 11.9 Å². The molecule has 1 atom stereocenters. The Morgan fingerprint density at radius 2 is 2.12 bits per heavy atom. The molecule has 1 heterocycles. The van der Waals surface area contributed by atoms with E-state index in [2.05, 4.69) is 21.7 Å². The van der Waals surface area contributed by atoms with Crippen LogP contribution in [0.4, 0.5) is 0 Å². The molecule has 0 aliphatic rings. The van der Waals surface area contributed by atoms with Crippen molar-refractivity contribution < 1.29 is 13.9 Å². The average Bonchev–Trinajstić information content (AvgIpc) is 3.07. The third kappa shape index (κ3) is 4.76. The summed E-state index contributed by atoms with van der Waals surface area (Å²) in [4.78, 5) is 15.3. The van der Waals surface area contributed by atoms with Crippen LogP contribution in [-0.4, -0.2) is 26.0 Å². The van der Waals surface area contributed by atoms with Gasteiger partial charge < -0.3 is 25.5 Å². The van der Waals surface area contributed by atoms with Gasteiger partial charge >= 0.3 is 0 Å². The Kier molecular flexibility index (Phi) is 6.05. The van der Waals surface area contributed by atoms with Crippen LogP contribution in [0.3, 0.4) is 0 Å². The third-order valence-electron chi connectivity index (χ3n) is 3.76. The number of hydrogen-bond acceptors (Lipinski definition) is 4. The highest BCUT2D eigenvalue weighted by Crippen LogP contribution is 2.25. The Labute approximate surface area is 147 Å². The minimum atomic E-state index is -0.589. The fourth-order valence-corrected chi connectivity index (χ4v) is 2.45. The predicted octanol–water partition coefficient (Wildman–Crippen LogP) is 2.12. The van der Waals surface area contributed by atoms with E-state index in [1.807, 2.05) is 26.0 Å². The van der Waals surface area contributed by atoms with Crippen LogP contribution in [0.25, 0.3) is 0 Å². The summed E-state index contributed by atoms with van der Waals surface area (Å²) in [6.07, 6.45) is 0. The second-order valence-electron chi connectivity index (χ2n) is 5.67. The van der Waals surface area contributed by atoms with Crippen LogP contribution in [0, 0.1) is 6.92 Å². The number of aryl methyl sites for hydroxylation is 1. The summed E-state index contributed by atoms with van der Waals surface area (Å²) in [5, 5.41) is 6.45. The first-order valence-electron chi connectivity index (χ1n) is 7.94. The summed E-state index contributed by atoms with van der Waals surface area (Å²) < 4.78 is 10.8. The molecule has 0 spiro atoms. The number of rotatable bonds is 6. The molecule has 0 radical (unpaired) electrons. The van der Waals surface area contributed by atoms with E-state index in [9.17, 15) is 4.79 Å². The molecule has 0 saturated heterocycles. The highest BCUT2D eigenvalue weighted by atomic mass is 16.5. The number of benzene rings is 1. The highest BCUT2D eigenvalue weighted by Gasteiger charge is 2.14. The number of methoxy groups -OCH3 is 1. The van der Waals surface area contributed by atoms with Crippen LogP contribution in [-0.2, 0) is 6.54 Å². The molecule has 0 saturated carbocycles. The van der Waals surface area contributed by atoms with Gasteiger partial charge in [0.2, 0.25) is 0 Å². The number of nitrogens with zero attached hydrogens (tertiary/aromatic N) is 1. The standard InChI is InChI=1S/C18H24N4O3/c1-11-5-7-15(24-4)14(9-11)12(2)22-18(20-3)21-10-13-6-8-16(25-13)17(19)23/h5-9,12H,10H2,1-4H3,(H2,19,23)(H2,20,21,22). The molecule has 7 heteroatoms. The molecule has 0 aliphatic heterocycles. The predicted molar refractivity (Wildman–Crippen MR) is 96.7 cm³/mol. The van der Waals surface area contributed by atoms with Crippen LogP contribution in [0.5, 0.6) is 5.75 Å². The minimum Gasteiger partial charge on any atom is -0.496 e. The largest absolute Gasteiger partial charge is 0.496 e. The Morgan fingerprint density at radius 3 is 2.72 bits per heavy atom. The SMILES string of the molecule is CN=C(NCc1ccc(C(N)=O)o1)NC(C)c1cc(C)ccc1OC. The van der Waals surface area contributed by atoms with Crippen molar-refractivity contribution in [2.45, 2.75) is 26.4 Å². The smallest absolute Gasteiger partial charge is 0.284 e. The number of nitrogens with two attached hydrogens (primary N) is 1. The summed E-state index contributed by atoms with van der Waals surface area (Å²) in [5.74, 6) is 1.57. The van der Waals surface area contributed by atoms with Gasteiger partial charge in [-0.15, -0.1) is 0 Å². The van der Waals surface area contributed by atoms with Crippen molar-refractivity contribution in [3.8, 4) is 5.75 Å². The molecule has 1 aromatic heterocycles. The highest BCUT2D eigenvalue weighted by molar-refractivity contribution is 5.89. The summed E-state index contributed by atoms with van der Waals surface area (Å²) in [6.45, 7) is 4.45. The number of hydrogen-bond donors (Lipinski definition) is 3. The fraction of sp³-hybridized carbons (Fsp3) is 0.333. The number of carbonyl (C=O) groups is 1. The first kappa shape index (κ1) is 18.4. The van der Waals surface area contributed by atoms with Crippen LogP contribution >= 0.6 is 0 Å². The van der Waals surface area contributed by atoms with Gasteiger partial charge in [-0.2, -0.15) is 0 Å². The number of ether oxygens (including phenoxy) is 1. The second-order valence-corrected chi connectivity index (χ2v) is 5.67. The molecule has 2 rings (SSSR count). The minimum absolute atomic E-state index is 0.0150. The quantitative estimate of drug-likeness (QED) is 0.550. The lowest BCUT2D eigenvalue weighted by Crippen LogP contribution is -2.38. The van der Waals surface area contributed by atoms with E-state index in [0.29, 0.717) is 18.3 Å². The van der Waals surface area contributed by atoms with Crippen molar-refractivity contribution in [2.24, 2.45) is 10.7 Å². The topological polar surface area (TPSA) is 102 Å². The van der Waals surface area contributed by atoms with Crippen LogP contribution in [0.1, 0.15) is 40.4 Å². The number of furan rings is 1. The molecule has 0 fully saturated rings. The van der Waals surface area contributed by atoms with Crippen LogP contribution in [0.15, 0.2) is 39.7 Å². The van der Waals surface area contributed by atoms with Gasteiger partial charge in [0.15, 0.2) is 11.7 Å². The fourth-order valence-electron chi connectivity index (χ4n) is 2.45. The zero-order valence-electron chi connectivity index (χ0n) is 14.9. The molecule has 1 unspecified atom stereocenters. The Morgan fingerprint density at radius 1 is 1.36 bits per heavy atom. The van der Waals surface area contributed by atoms with E-state index in [1.54, 1.807) is 26.3 Å². The Hall–Kier alpha value is -2.96. The summed E-state index contributed by atoms with van der Waals surface area (Å²) in [5.41, 5.74) is 7.37. The Bertz CT molecular complexity index is 767. The monoisotopic (exact) mass is 344 g/mol. The maximum Gasteiger partial charge on any atom is 0.284 e. The van der Waals surface area contributed by atoms with Crippen molar-refractivity contribution in [3.05, 3.63) is 53.0 Å². The number of aliphatic imine (C=N–C) groups is 1. The summed E-state index contributed by atoms with van der Waals surface area (Å²) >= 11 is 0. The molecule has 2 aromatic rings. The van der Waals surface area contributed by atoms with E-state index >= 15 is 0 Å². The van der Waals surface area contributed by atoms with Gasteiger partial charge in [0.25, 0.3) is 5.91 Å². The van der Waals surface area contributed by atoms with Crippen molar-refractivity contribution in [1.82, 2.24) is 10.6 Å². The molecule has 25 heavy (non-hydrogen) atoms. The van der Waals surface area contributed by atoms with Crippen molar-refractivity contribution in [2.75, 3.05) is 14.2 Å². The number of primary amides is 1. The van der Waals surface area contributed by atoms with E-state index in [-0.39, 0.29) is 11.8 Å².